The Balaban J connectivity index is 2.22. The molecule has 1 heterocycles. The van der Waals surface area contributed by atoms with Crippen molar-refractivity contribution in [3.63, 3.8) is 0 Å². The van der Waals surface area contributed by atoms with E-state index < -0.39 is 5.60 Å². The molecule has 1 aliphatic heterocycles. The highest BCUT2D eigenvalue weighted by Gasteiger charge is 2.20. The van der Waals surface area contributed by atoms with Gasteiger partial charge in [0, 0.05) is 26.7 Å². The fraction of sp³-hybridized carbons (Fsp3) is 0.846. The van der Waals surface area contributed by atoms with Gasteiger partial charge in [-0.25, -0.2) is 0 Å². The molecule has 0 aliphatic carbocycles. The molecule has 116 valence electrons. The second kappa shape index (κ2) is 7.85. The molecule has 0 spiro atoms. The number of hydrogen-bond acceptors (Lipinski definition) is 5. The van der Waals surface area contributed by atoms with Crippen molar-refractivity contribution in [2.45, 2.75) is 19.4 Å². The largest absolute Gasteiger partial charge is 0.389 e. The van der Waals surface area contributed by atoms with Gasteiger partial charge >= 0.3 is 0 Å². The molecule has 1 aliphatic rings. The van der Waals surface area contributed by atoms with Gasteiger partial charge in [-0.2, -0.15) is 0 Å². The second-order valence-corrected chi connectivity index (χ2v) is 6.53. The average Bonchev–Trinajstić information content (AvgIpc) is 2.37. The molecule has 20 heavy (non-hydrogen) atoms. The topological polar surface area (TPSA) is 70.1 Å². The molecule has 1 N–H and O–H groups in total. The van der Waals surface area contributed by atoms with Crippen LogP contribution in [0.1, 0.15) is 13.8 Å². The minimum absolute atomic E-state index is 0.0521. The third kappa shape index (κ3) is 6.58. The van der Waals surface area contributed by atoms with E-state index in [2.05, 4.69) is 0 Å². The molecular formula is C13H24N2O4S. The van der Waals surface area contributed by atoms with Crippen LogP contribution in [0.4, 0.5) is 0 Å². The first-order valence-electron chi connectivity index (χ1n) is 6.69. The molecule has 1 rings (SSSR count). The first kappa shape index (κ1) is 17.3. The Morgan fingerprint density at radius 2 is 1.90 bits per heavy atom. The number of thioether (sulfide) groups is 1. The lowest BCUT2D eigenvalue weighted by molar-refractivity contribution is -0.132. The third-order valence-corrected chi connectivity index (χ3v) is 3.77. The molecule has 0 bridgehead atoms. The smallest absolute Gasteiger partial charge is 0.232 e. The first-order chi connectivity index (χ1) is 9.29. The molecular weight excluding hydrogens is 280 g/mol. The average molecular weight is 304 g/mol. The summed E-state index contributed by atoms with van der Waals surface area (Å²) in [4.78, 5) is 26.9. The van der Waals surface area contributed by atoms with Gasteiger partial charge in [0.1, 0.15) is 0 Å². The zero-order chi connectivity index (χ0) is 15.2. The van der Waals surface area contributed by atoms with Crippen molar-refractivity contribution in [1.82, 2.24) is 9.80 Å². The van der Waals surface area contributed by atoms with E-state index in [0.717, 1.165) is 0 Å². The number of rotatable bonds is 6. The van der Waals surface area contributed by atoms with Crippen molar-refractivity contribution in [3.8, 4) is 0 Å². The number of nitrogens with zero attached hydrogens (tertiary/aromatic N) is 2. The molecule has 0 radical (unpaired) electrons. The minimum Gasteiger partial charge on any atom is -0.389 e. The lowest BCUT2D eigenvalue weighted by atomic mass is 10.1. The Hall–Kier alpha value is -0.790. The molecule has 6 nitrogen and oxygen atoms in total. The van der Waals surface area contributed by atoms with Crippen molar-refractivity contribution < 1.29 is 19.4 Å². The predicted molar refractivity (Wildman–Crippen MR) is 78.7 cm³/mol. The van der Waals surface area contributed by atoms with Crippen LogP contribution in [0.3, 0.4) is 0 Å². The van der Waals surface area contributed by atoms with Crippen LogP contribution >= 0.6 is 11.8 Å². The van der Waals surface area contributed by atoms with E-state index in [1.165, 1.54) is 16.7 Å². The van der Waals surface area contributed by atoms with Crippen LogP contribution < -0.4 is 0 Å². The Morgan fingerprint density at radius 1 is 1.30 bits per heavy atom. The summed E-state index contributed by atoms with van der Waals surface area (Å²) >= 11 is 1.31. The fourth-order valence-electron chi connectivity index (χ4n) is 1.91. The van der Waals surface area contributed by atoms with E-state index in [9.17, 15) is 14.7 Å². The Labute approximate surface area is 124 Å². The highest BCUT2D eigenvalue weighted by Crippen LogP contribution is 2.08. The van der Waals surface area contributed by atoms with E-state index in [0.29, 0.717) is 32.1 Å². The van der Waals surface area contributed by atoms with Crippen LogP contribution in [0.15, 0.2) is 0 Å². The summed E-state index contributed by atoms with van der Waals surface area (Å²) in [6, 6.07) is 0. The van der Waals surface area contributed by atoms with Crippen LogP contribution in [0.25, 0.3) is 0 Å². The van der Waals surface area contributed by atoms with E-state index in [-0.39, 0.29) is 24.1 Å². The molecule has 7 heteroatoms. The van der Waals surface area contributed by atoms with Gasteiger partial charge in [-0.05, 0) is 13.8 Å². The standard InChI is InChI=1S/C13H24N2O4S/c1-13(2,18)10-14(3)11(16)8-20-9-12(17)15-4-6-19-7-5-15/h18H,4-10H2,1-3H3. The monoisotopic (exact) mass is 304 g/mol. The van der Waals surface area contributed by atoms with Crippen LogP contribution in [-0.4, -0.2) is 83.7 Å². The minimum atomic E-state index is -0.904. The Kier molecular flexibility index (Phi) is 6.78. The van der Waals surface area contributed by atoms with Crippen LogP contribution in [0.2, 0.25) is 0 Å². The summed E-state index contributed by atoms with van der Waals surface area (Å²) in [6.45, 7) is 6.03. The molecule has 0 saturated carbocycles. The summed E-state index contributed by atoms with van der Waals surface area (Å²) in [6.07, 6.45) is 0. The quantitative estimate of drug-likeness (QED) is 0.736. The summed E-state index contributed by atoms with van der Waals surface area (Å²) in [5, 5.41) is 9.65. The normalized spacial score (nSPS) is 16.1. The van der Waals surface area contributed by atoms with Crippen LogP contribution in [0, 0.1) is 0 Å². The highest BCUT2D eigenvalue weighted by atomic mass is 32.2. The summed E-state index contributed by atoms with van der Waals surface area (Å²) in [7, 11) is 1.66. The lowest BCUT2D eigenvalue weighted by Crippen LogP contribution is -2.42. The molecule has 0 atom stereocenters. The number of hydrogen-bond donors (Lipinski definition) is 1. The molecule has 0 aromatic rings. The van der Waals surface area contributed by atoms with Crippen molar-refractivity contribution >= 4 is 23.6 Å². The Bertz CT molecular complexity index is 338. The van der Waals surface area contributed by atoms with Crippen molar-refractivity contribution in [2.24, 2.45) is 0 Å². The molecule has 0 unspecified atom stereocenters. The maximum absolute atomic E-state index is 11.9. The Morgan fingerprint density at radius 3 is 2.45 bits per heavy atom. The van der Waals surface area contributed by atoms with E-state index >= 15 is 0 Å². The van der Waals surface area contributed by atoms with Crippen molar-refractivity contribution in [2.75, 3.05) is 51.4 Å². The summed E-state index contributed by atoms with van der Waals surface area (Å²) in [5.41, 5.74) is -0.904. The van der Waals surface area contributed by atoms with E-state index in [1.54, 1.807) is 25.8 Å². The van der Waals surface area contributed by atoms with Crippen LogP contribution in [0.5, 0.6) is 0 Å². The molecule has 0 aromatic carbocycles. The van der Waals surface area contributed by atoms with Gasteiger partial charge < -0.3 is 19.6 Å². The number of amides is 2. The van der Waals surface area contributed by atoms with Gasteiger partial charge in [0.25, 0.3) is 0 Å². The maximum atomic E-state index is 11.9. The summed E-state index contributed by atoms with van der Waals surface area (Å²) in [5.74, 6) is 0.535. The summed E-state index contributed by atoms with van der Waals surface area (Å²) < 4.78 is 5.19. The van der Waals surface area contributed by atoms with Crippen molar-refractivity contribution in [3.05, 3.63) is 0 Å². The zero-order valence-electron chi connectivity index (χ0n) is 12.4. The zero-order valence-corrected chi connectivity index (χ0v) is 13.2. The van der Waals surface area contributed by atoms with Gasteiger partial charge in [-0.3, -0.25) is 9.59 Å². The molecule has 1 fully saturated rings. The number of carbonyl (C=O) groups is 2. The van der Waals surface area contributed by atoms with Gasteiger partial charge in [-0.1, -0.05) is 0 Å². The van der Waals surface area contributed by atoms with E-state index in [4.69, 9.17) is 4.74 Å². The van der Waals surface area contributed by atoms with Crippen molar-refractivity contribution in [1.29, 1.82) is 0 Å². The van der Waals surface area contributed by atoms with Gasteiger partial charge in [0.15, 0.2) is 0 Å². The third-order valence-electron chi connectivity index (χ3n) is 2.86. The highest BCUT2D eigenvalue weighted by molar-refractivity contribution is 8.00. The molecule has 0 aromatic heterocycles. The van der Waals surface area contributed by atoms with E-state index in [1.807, 2.05) is 0 Å². The first-order valence-corrected chi connectivity index (χ1v) is 7.85. The number of aliphatic hydroxyl groups is 1. The SMILES string of the molecule is CN(CC(C)(C)O)C(=O)CSCC(=O)N1CCOCC1. The van der Waals surface area contributed by atoms with Gasteiger partial charge in [0.2, 0.25) is 11.8 Å². The number of morpholine rings is 1. The number of carbonyl (C=O) groups excluding carboxylic acids is 2. The molecule has 1 saturated heterocycles. The fourth-order valence-corrected chi connectivity index (χ4v) is 2.76. The number of likely N-dealkylation sites (N-methyl/N-ethyl adjacent to an activating group) is 1. The van der Waals surface area contributed by atoms with Gasteiger partial charge in [0.05, 0.1) is 30.3 Å². The molecule has 2 amide bonds. The maximum Gasteiger partial charge on any atom is 0.232 e. The second-order valence-electron chi connectivity index (χ2n) is 5.55. The predicted octanol–water partition coefficient (Wildman–Crippen LogP) is -0.192. The number of ether oxygens (including phenoxy) is 1. The van der Waals surface area contributed by atoms with Gasteiger partial charge in [-0.15, -0.1) is 11.8 Å². The van der Waals surface area contributed by atoms with Crippen LogP contribution in [-0.2, 0) is 14.3 Å². The lowest BCUT2D eigenvalue weighted by Gasteiger charge is -2.27.